The average molecular weight is 495 g/mol. The third-order valence-corrected chi connectivity index (χ3v) is 1.18. The summed E-state index contributed by atoms with van der Waals surface area (Å²) in [6, 6.07) is 0. The topological polar surface area (TPSA) is 172 Å². The molecule has 0 unspecified atom stereocenters. The fraction of sp³-hybridized carbons (Fsp3) is 0.500. The Morgan fingerprint density at radius 1 is 0.545 bits per heavy atom. The van der Waals surface area contributed by atoms with Gasteiger partial charge in [-0.2, -0.15) is 0 Å². The molecule has 0 aromatic carbocycles. The standard InChI is InChI=1S/3C4H6O3.Ir/c3*1-3(5)2-4(6)7;/h3*2H2,1H3,(H,6,7);/q;;;+3/p-3. The summed E-state index contributed by atoms with van der Waals surface area (Å²) in [6.45, 7) is 3.61. The number of carboxylic acid groups (broad SMARTS) is 3. The van der Waals surface area contributed by atoms with Crippen LogP contribution in [0.1, 0.15) is 40.0 Å². The monoisotopic (exact) mass is 496 g/mol. The molecule has 0 radical (unpaired) electrons. The minimum absolute atomic E-state index is 0. The van der Waals surface area contributed by atoms with E-state index in [9.17, 15) is 44.1 Å². The Balaban J connectivity index is -0.000000108. The van der Waals surface area contributed by atoms with Crippen LogP contribution < -0.4 is 15.3 Å². The third kappa shape index (κ3) is 51.9. The van der Waals surface area contributed by atoms with Crippen molar-refractivity contribution >= 4 is 35.3 Å². The molecule has 0 saturated heterocycles. The molecular weight excluding hydrogens is 480 g/mol. The van der Waals surface area contributed by atoms with Crippen molar-refractivity contribution in [2.24, 2.45) is 0 Å². The Hall–Kier alpha value is -1.93. The van der Waals surface area contributed by atoms with Crippen molar-refractivity contribution in [2.75, 3.05) is 0 Å². The fourth-order valence-corrected chi connectivity index (χ4v) is 0.610. The van der Waals surface area contributed by atoms with Gasteiger partial charge in [-0.25, -0.2) is 0 Å². The average Bonchev–Trinajstić information content (AvgIpc) is 2.10. The summed E-state index contributed by atoms with van der Waals surface area (Å²) >= 11 is 0. The molecule has 0 aliphatic carbocycles. The second-order valence-corrected chi connectivity index (χ2v) is 3.75. The van der Waals surface area contributed by atoms with E-state index in [1.54, 1.807) is 0 Å². The third-order valence-electron chi connectivity index (χ3n) is 1.18. The van der Waals surface area contributed by atoms with E-state index in [0.29, 0.717) is 0 Å². The summed E-state index contributed by atoms with van der Waals surface area (Å²) in [5.74, 6) is -5.06. The molecule has 0 aliphatic rings. The van der Waals surface area contributed by atoms with Crippen molar-refractivity contribution in [1.29, 1.82) is 0 Å². The summed E-state index contributed by atoms with van der Waals surface area (Å²) in [5.41, 5.74) is 0. The molecule has 0 atom stereocenters. The van der Waals surface area contributed by atoms with Crippen LogP contribution in [-0.4, -0.2) is 35.3 Å². The van der Waals surface area contributed by atoms with Crippen molar-refractivity contribution in [3.05, 3.63) is 0 Å². The first-order valence-electron chi connectivity index (χ1n) is 5.46. The van der Waals surface area contributed by atoms with Gasteiger partial charge in [-0.3, -0.25) is 14.4 Å². The normalized spacial score (nSPS) is 7.77. The number of aliphatic carboxylic acids is 3. The van der Waals surface area contributed by atoms with E-state index >= 15 is 0 Å². The van der Waals surface area contributed by atoms with Crippen LogP contribution in [0.25, 0.3) is 0 Å². The van der Waals surface area contributed by atoms with Gasteiger partial charge in [0.2, 0.25) is 0 Å². The maximum absolute atomic E-state index is 9.83. The number of ketones is 3. The quantitative estimate of drug-likeness (QED) is 0.334. The Bertz CT molecular complexity index is 317. The van der Waals surface area contributed by atoms with Gasteiger partial charge in [0.15, 0.2) is 0 Å². The van der Waals surface area contributed by atoms with Gasteiger partial charge in [-0.15, -0.1) is 0 Å². The van der Waals surface area contributed by atoms with Crippen LogP contribution in [0.3, 0.4) is 0 Å². The first kappa shape index (κ1) is 28.3. The zero-order chi connectivity index (χ0) is 17.6. The van der Waals surface area contributed by atoms with Crippen LogP contribution >= 0.6 is 0 Å². The second kappa shape index (κ2) is 17.1. The van der Waals surface area contributed by atoms with Crippen LogP contribution in [0.5, 0.6) is 0 Å². The molecule has 0 amide bonds. The van der Waals surface area contributed by atoms with Crippen LogP contribution in [0.2, 0.25) is 0 Å². The van der Waals surface area contributed by atoms with Gasteiger partial charge in [-0.1, -0.05) is 0 Å². The van der Waals surface area contributed by atoms with E-state index in [2.05, 4.69) is 0 Å². The van der Waals surface area contributed by atoms with Crippen LogP contribution in [-0.2, 0) is 48.9 Å². The van der Waals surface area contributed by atoms with Gasteiger partial charge in [-0.05, 0) is 20.8 Å². The van der Waals surface area contributed by atoms with Crippen molar-refractivity contribution in [3.8, 4) is 0 Å². The number of carbonyl (C=O) groups is 6. The Morgan fingerprint density at radius 2 is 0.682 bits per heavy atom. The van der Waals surface area contributed by atoms with E-state index < -0.39 is 37.2 Å². The van der Waals surface area contributed by atoms with Gasteiger partial charge in [0.25, 0.3) is 0 Å². The molecule has 0 heterocycles. The van der Waals surface area contributed by atoms with E-state index in [1.165, 1.54) is 20.8 Å². The zero-order valence-electron chi connectivity index (χ0n) is 12.1. The zero-order valence-corrected chi connectivity index (χ0v) is 14.5. The molecule has 0 aromatic rings. The molecule has 0 spiro atoms. The summed E-state index contributed by atoms with van der Waals surface area (Å²) in [4.78, 5) is 57.9. The summed E-state index contributed by atoms with van der Waals surface area (Å²) in [7, 11) is 0. The van der Waals surface area contributed by atoms with Crippen LogP contribution in [0.15, 0.2) is 0 Å². The molecule has 9 nitrogen and oxygen atoms in total. The first-order valence-corrected chi connectivity index (χ1v) is 5.46. The largest absolute Gasteiger partial charge is 3.00 e. The molecule has 0 saturated carbocycles. The molecule has 0 bridgehead atoms. The van der Waals surface area contributed by atoms with Crippen molar-refractivity contribution in [2.45, 2.75) is 40.0 Å². The number of rotatable bonds is 6. The predicted molar refractivity (Wildman–Crippen MR) is 60.9 cm³/mol. The van der Waals surface area contributed by atoms with Gasteiger partial charge >= 0.3 is 20.1 Å². The number of hydrogen-bond acceptors (Lipinski definition) is 9. The Kier molecular flexibility index (Phi) is 22.0. The molecule has 22 heavy (non-hydrogen) atoms. The van der Waals surface area contributed by atoms with E-state index in [-0.39, 0.29) is 37.5 Å². The summed E-state index contributed by atoms with van der Waals surface area (Å²) in [6.07, 6.45) is -1.42. The number of Topliss-reactive ketones (excluding diaryl/α,β-unsaturated/α-hetero) is 3. The van der Waals surface area contributed by atoms with Gasteiger partial charge in [0.1, 0.15) is 17.3 Å². The predicted octanol–water partition coefficient (Wildman–Crippen LogP) is -3.86. The van der Waals surface area contributed by atoms with E-state index in [4.69, 9.17) is 0 Å². The van der Waals surface area contributed by atoms with Gasteiger partial charge in [0.05, 0.1) is 0 Å². The maximum atomic E-state index is 9.83. The molecule has 0 rings (SSSR count). The SMILES string of the molecule is CC(=O)CC(=O)[O-].CC(=O)CC(=O)[O-].CC(=O)CC(=O)[O-].[Ir+3]. The summed E-state index contributed by atoms with van der Waals surface area (Å²) < 4.78 is 0. The number of hydrogen-bond donors (Lipinski definition) is 0. The van der Waals surface area contributed by atoms with Crippen molar-refractivity contribution < 1.29 is 64.2 Å². The molecule has 0 aromatic heterocycles. The molecule has 0 fully saturated rings. The number of carboxylic acids is 3. The van der Waals surface area contributed by atoms with E-state index in [1.807, 2.05) is 0 Å². The first-order chi connectivity index (χ1) is 9.38. The minimum atomic E-state index is -1.31. The molecule has 126 valence electrons. The molecule has 0 N–H and O–H groups in total. The van der Waals surface area contributed by atoms with E-state index in [0.717, 1.165) is 0 Å². The fourth-order valence-electron chi connectivity index (χ4n) is 0.610. The number of carbonyl (C=O) groups excluding carboxylic acids is 6. The minimum Gasteiger partial charge on any atom is -0.550 e. The molecule has 0 aliphatic heterocycles. The van der Waals surface area contributed by atoms with Gasteiger partial charge in [0, 0.05) is 37.2 Å². The summed E-state index contributed by atoms with van der Waals surface area (Å²) in [5, 5.41) is 28.4. The van der Waals surface area contributed by atoms with Crippen LogP contribution in [0.4, 0.5) is 0 Å². The maximum Gasteiger partial charge on any atom is 3.00 e. The van der Waals surface area contributed by atoms with Crippen LogP contribution in [0, 0.1) is 0 Å². The smallest absolute Gasteiger partial charge is 0.550 e. The molecular formula is C12H15IrO9. The Morgan fingerprint density at radius 3 is 0.682 bits per heavy atom. The van der Waals surface area contributed by atoms with Gasteiger partial charge < -0.3 is 29.7 Å². The van der Waals surface area contributed by atoms with Crippen molar-refractivity contribution in [1.82, 2.24) is 0 Å². The second-order valence-electron chi connectivity index (χ2n) is 3.75. The molecule has 10 heteroatoms. The Labute approximate surface area is 140 Å². The van der Waals surface area contributed by atoms with Crippen molar-refractivity contribution in [3.63, 3.8) is 0 Å².